The van der Waals surface area contributed by atoms with E-state index in [1.807, 2.05) is 52.0 Å². The molecule has 1 N–H and O–H groups in total. The minimum absolute atomic E-state index is 0.0475. The van der Waals surface area contributed by atoms with E-state index in [-0.39, 0.29) is 31.0 Å². The number of hydrogen-bond acceptors (Lipinski definition) is 6. The van der Waals surface area contributed by atoms with E-state index in [1.54, 1.807) is 18.2 Å². The molecule has 0 aliphatic carbocycles. The van der Waals surface area contributed by atoms with Gasteiger partial charge in [-0.1, -0.05) is 38.1 Å². The van der Waals surface area contributed by atoms with Crippen LogP contribution in [-0.2, 0) is 26.2 Å². The van der Waals surface area contributed by atoms with Gasteiger partial charge in [0.2, 0.25) is 28.6 Å². The van der Waals surface area contributed by atoms with Crippen LogP contribution in [0.5, 0.6) is 11.5 Å². The molecule has 10 heteroatoms. The summed E-state index contributed by atoms with van der Waals surface area (Å²) in [4.78, 5) is 28.6. The molecule has 0 unspecified atom stereocenters. The van der Waals surface area contributed by atoms with Gasteiger partial charge >= 0.3 is 0 Å². The van der Waals surface area contributed by atoms with E-state index in [4.69, 9.17) is 9.47 Å². The zero-order valence-corrected chi connectivity index (χ0v) is 23.0. The maximum absolute atomic E-state index is 13.9. The van der Waals surface area contributed by atoms with Crippen LogP contribution in [-0.4, -0.2) is 56.3 Å². The van der Waals surface area contributed by atoms with E-state index in [2.05, 4.69) is 5.32 Å². The van der Waals surface area contributed by atoms with Crippen molar-refractivity contribution in [3.8, 4) is 11.5 Å². The number of fused-ring (bicyclic) bond motifs is 1. The van der Waals surface area contributed by atoms with E-state index < -0.39 is 28.5 Å². The molecule has 1 aliphatic rings. The smallest absolute Gasteiger partial charge is 0.244 e. The van der Waals surface area contributed by atoms with Crippen LogP contribution in [0.3, 0.4) is 0 Å². The van der Waals surface area contributed by atoms with Crippen LogP contribution in [0.4, 0.5) is 5.69 Å². The van der Waals surface area contributed by atoms with Crippen molar-refractivity contribution >= 4 is 27.5 Å². The average molecular weight is 532 g/mol. The normalized spacial score (nSPS) is 14.1. The predicted molar refractivity (Wildman–Crippen MR) is 143 cm³/mol. The third kappa shape index (κ3) is 6.74. The van der Waals surface area contributed by atoms with E-state index in [0.717, 1.165) is 21.9 Å². The Labute approximate surface area is 219 Å². The van der Waals surface area contributed by atoms with E-state index in [0.29, 0.717) is 23.6 Å². The first-order chi connectivity index (χ1) is 17.6. The molecule has 0 spiro atoms. The number of aryl methyl sites for hydroxylation is 1. The molecule has 1 heterocycles. The Bertz CT molecular complexity index is 1220. The minimum Gasteiger partial charge on any atom is -0.454 e. The lowest BCUT2D eigenvalue weighted by molar-refractivity contribution is -0.140. The molecule has 0 aromatic heterocycles. The summed E-state index contributed by atoms with van der Waals surface area (Å²) in [6.07, 6.45) is 1.13. The summed E-state index contributed by atoms with van der Waals surface area (Å²) in [6, 6.07) is 11.6. The Kier molecular flexibility index (Phi) is 9.42. The standard InChI is InChI=1S/C27H37N3O6S/c1-6-20(5)28-27(32)23(7-2)29(16-21-12-10-9-11-19(21)4)26(31)17-30(37(33,34)8-3)22-13-14-24-25(15-22)36-18-35-24/h9-15,20,23H,6-8,16-18H2,1-5H3,(H,28,32)/t20-,23-/m1/s1. The Morgan fingerprint density at radius 3 is 2.38 bits per heavy atom. The number of sulfonamides is 1. The molecular formula is C27H37N3O6S. The van der Waals surface area contributed by atoms with Gasteiger partial charge < -0.3 is 19.7 Å². The predicted octanol–water partition coefficient (Wildman–Crippen LogP) is 3.60. The summed E-state index contributed by atoms with van der Waals surface area (Å²) in [7, 11) is -3.83. The molecule has 9 nitrogen and oxygen atoms in total. The molecule has 0 saturated carbocycles. The van der Waals surface area contributed by atoms with Crippen LogP contribution in [0.15, 0.2) is 42.5 Å². The number of anilines is 1. The first-order valence-electron chi connectivity index (χ1n) is 12.7. The lowest BCUT2D eigenvalue weighted by Crippen LogP contribution is -2.53. The van der Waals surface area contributed by atoms with Gasteiger partial charge in [-0.2, -0.15) is 0 Å². The van der Waals surface area contributed by atoms with E-state index in [1.165, 1.54) is 11.8 Å². The molecule has 2 aromatic carbocycles. The monoisotopic (exact) mass is 531 g/mol. The summed E-state index contributed by atoms with van der Waals surface area (Å²) < 4.78 is 38.1. The fourth-order valence-corrected chi connectivity index (χ4v) is 5.15. The molecule has 3 rings (SSSR count). The second kappa shape index (κ2) is 12.3. The zero-order valence-electron chi connectivity index (χ0n) is 22.2. The van der Waals surface area contributed by atoms with Crippen LogP contribution >= 0.6 is 0 Å². The molecule has 37 heavy (non-hydrogen) atoms. The average Bonchev–Trinajstić information content (AvgIpc) is 3.35. The Balaban J connectivity index is 1.98. The van der Waals surface area contributed by atoms with E-state index >= 15 is 0 Å². The number of amides is 2. The lowest BCUT2D eigenvalue weighted by atomic mass is 10.1. The molecule has 202 valence electrons. The summed E-state index contributed by atoms with van der Waals surface area (Å²) >= 11 is 0. The highest BCUT2D eigenvalue weighted by molar-refractivity contribution is 7.92. The van der Waals surface area contributed by atoms with Gasteiger partial charge in [0.1, 0.15) is 12.6 Å². The number of nitrogens with one attached hydrogen (secondary N) is 1. The fourth-order valence-electron chi connectivity index (χ4n) is 4.09. The number of carbonyl (C=O) groups excluding carboxylic acids is 2. The van der Waals surface area contributed by atoms with Crippen molar-refractivity contribution in [3.05, 3.63) is 53.6 Å². The Morgan fingerprint density at radius 1 is 1.03 bits per heavy atom. The molecule has 1 aliphatic heterocycles. The molecular weight excluding hydrogens is 494 g/mol. The van der Waals surface area contributed by atoms with Gasteiger partial charge in [0.25, 0.3) is 0 Å². The van der Waals surface area contributed by atoms with Crippen molar-refractivity contribution in [2.24, 2.45) is 0 Å². The first-order valence-corrected chi connectivity index (χ1v) is 14.3. The van der Waals surface area contributed by atoms with Gasteiger partial charge in [-0.25, -0.2) is 8.42 Å². The maximum atomic E-state index is 13.9. The SMILES string of the molecule is CC[C@@H](C)NC(=O)[C@@H](CC)N(Cc1ccccc1C)C(=O)CN(c1ccc2c(c1)OCO2)S(=O)(=O)CC. The van der Waals surface area contributed by atoms with Crippen molar-refractivity contribution in [1.29, 1.82) is 0 Å². The second-order valence-corrected chi connectivity index (χ2v) is 11.3. The molecule has 0 fully saturated rings. The Morgan fingerprint density at radius 2 is 1.73 bits per heavy atom. The van der Waals surface area contributed by atoms with Gasteiger partial charge in [0.05, 0.1) is 11.4 Å². The van der Waals surface area contributed by atoms with Gasteiger partial charge in [-0.3, -0.25) is 13.9 Å². The van der Waals surface area contributed by atoms with Gasteiger partial charge in [0, 0.05) is 18.7 Å². The van der Waals surface area contributed by atoms with Crippen LogP contribution < -0.4 is 19.1 Å². The topological polar surface area (TPSA) is 105 Å². The maximum Gasteiger partial charge on any atom is 0.244 e. The number of ether oxygens (including phenoxy) is 2. The van der Waals surface area contributed by atoms with Gasteiger partial charge in [0.15, 0.2) is 11.5 Å². The first kappa shape index (κ1) is 28.3. The van der Waals surface area contributed by atoms with Crippen LogP contribution in [0.2, 0.25) is 0 Å². The third-order valence-corrected chi connectivity index (χ3v) is 8.35. The summed E-state index contributed by atoms with van der Waals surface area (Å²) in [5.74, 6) is 0.00389. The number of nitrogens with zero attached hydrogens (tertiary/aromatic N) is 2. The van der Waals surface area contributed by atoms with Crippen LogP contribution in [0.1, 0.15) is 51.7 Å². The molecule has 2 aromatic rings. The largest absolute Gasteiger partial charge is 0.454 e. The van der Waals surface area contributed by atoms with Gasteiger partial charge in [-0.15, -0.1) is 0 Å². The third-order valence-electron chi connectivity index (χ3n) is 6.61. The Hall–Kier alpha value is -3.27. The summed E-state index contributed by atoms with van der Waals surface area (Å²) in [5, 5.41) is 2.98. The van der Waals surface area contributed by atoms with Crippen LogP contribution in [0.25, 0.3) is 0 Å². The summed E-state index contributed by atoms with van der Waals surface area (Å²) in [6.45, 7) is 8.98. The number of benzene rings is 2. The highest BCUT2D eigenvalue weighted by atomic mass is 32.2. The highest BCUT2D eigenvalue weighted by Crippen LogP contribution is 2.36. The van der Waals surface area contributed by atoms with Crippen molar-refractivity contribution in [2.45, 2.75) is 66.1 Å². The summed E-state index contributed by atoms with van der Waals surface area (Å²) in [5.41, 5.74) is 2.16. The molecule has 0 bridgehead atoms. The molecule has 2 amide bonds. The number of rotatable bonds is 12. The number of hydrogen-bond donors (Lipinski definition) is 1. The molecule has 0 saturated heterocycles. The number of carbonyl (C=O) groups is 2. The van der Waals surface area contributed by atoms with Crippen molar-refractivity contribution in [2.75, 3.05) is 23.4 Å². The fraction of sp³-hybridized carbons (Fsp3) is 0.481. The van der Waals surface area contributed by atoms with Crippen molar-refractivity contribution in [3.63, 3.8) is 0 Å². The highest BCUT2D eigenvalue weighted by Gasteiger charge is 2.33. The van der Waals surface area contributed by atoms with E-state index in [9.17, 15) is 18.0 Å². The zero-order chi connectivity index (χ0) is 27.2. The van der Waals surface area contributed by atoms with Crippen molar-refractivity contribution < 1.29 is 27.5 Å². The lowest BCUT2D eigenvalue weighted by Gasteiger charge is -2.34. The second-order valence-electron chi connectivity index (χ2n) is 9.13. The van der Waals surface area contributed by atoms with Crippen LogP contribution in [0, 0.1) is 6.92 Å². The quantitative estimate of drug-likeness (QED) is 0.449. The van der Waals surface area contributed by atoms with Crippen molar-refractivity contribution in [1.82, 2.24) is 10.2 Å². The minimum atomic E-state index is -3.83. The van der Waals surface area contributed by atoms with Gasteiger partial charge in [-0.05, 0) is 56.9 Å². The molecule has 2 atom stereocenters. The molecule has 0 radical (unpaired) electrons.